The first-order valence-corrected chi connectivity index (χ1v) is 13.3. The Kier molecular flexibility index (Phi) is 10.8. The third kappa shape index (κ3) is 7.52. The van der Waals surface area contributed by atoms with Gasteiger partial charge in [0, 0.05) is 5.56 Å². The first kappa shape index (κ1) is 26.1. The molecule has 3 rings (SSSR count). The Morgan fingerprint density at radius 2 is 0.971 bits per heavy atom. The van der Waals surface area contributed by atoms with Gasteiger partial charge in [-0.2, -0.15) is 0 Å². The van der Waals surface area contributed by atoms with Gasteiger partial charge in [-0.25, -0.2) is 8.78 Å². The van der Waals surface area contributed by atoms with Crippen molar-refractivity contribution in [1.82, 2.24) is 0 Å². The van der Waals surface area contributed by atoms with Gasteiger partial charge in [0.15, 0.2) is 11.6 Å². The van der Waals surface area contributed by atoms with Crippen LogP contribution < -0.4 is 0 Å². The Labute approximate surface area is 205 Å². The molecule has 182 valence electrons. The SMILES string of the molecule is CCCCCCCCc1ccc(-c2ccc(-c3ccc(CCCCCC)cc3)cc2)c(F)c1F. The number of hydrogen-bond donors (Lipinski definition) is 0. The van der Waals surface area contributed by atoms with E-state index in [1.165, 1.54) is 56.9 Å². The molecule has 0 aromatic heterocycles. The second-order valence-corrected chi connectivity index (χ2v) is 9.50. The number of aryl methyl sites for hydroxylation is 2. The second kappa shape index (κ2) is 14.0. The van der Waals surface area contributed by atoms with Crippen molar-refractivity contribution in [1.29, 1.82) is 0 Å². The molecule has 3 aromatic carbocycles. The van der Waals surface area contributed by atoms with E-state index in [1.54, 1.807) is 12.1 Å². The summed E-state index contributed by atoms with van der Waals surface area (Å²) in [5.41, 5.74) is 5.13. The van der Waals surface area contributed by atoms with Crippen LogP contribution in [0, 0.1) is 11.6 Å². The molecule has 0 bridgehead atoms. The van der Waals surface area contributed by atoms with Crippen LogP contribution in [0.15, 0.2) is 60.7 Å². The lowest BCUT2D eigenvalue weighted by molar-refractivity contribution is 0.497. The van der Waals surface area contributed by atoms with Crippen molar-refractivity contribution < 1.29 is 8.78 Å². The van der Waals surface area contributed by atoms with E-state index in [2.05, 4.69) is 38.1 Å². The van der Waals surface area contributed by atoms with Crippen LogP contribution in [0.5, 0.6) is 0 Å². The average Bonchev–Trinajstić information content (AvgIpc) is 2.87. The highest BCUT2D eigenvalue weighted by Crippen LogP contribution is 2.30. The van der Waals surface area contributed by atoms with Crippen LogP contribution >= 0.6 is 0 Å². The molecule has 0 spiro atoms. The third-order valence-corrected chi connectivity index (χ3v) is 6.76. The zero-order valence-electron chi connectivity index (χ0n) is 21.0. The molecule has 3 aromatic rings. The molecule has 0 aliphatic rings. The highest BCUT2D eigenvalue weighted by Gasteiger charge is 2.14. The third-order valence-electron chi connectivity index (χ3n) is 6.76. The van der Waals surface area contributed by atoms with E-state index in [4.69, 9.17) is 0 Å². The summed E-state index contributed by atoms with van der Waals surface area (Å²) in [5.74, 6) is -1.42. The molecule has 0 heterocycles. The Morgan fingerprint density at radius 3 is 1.62 bits per heavy atom. The molecule has 0 nitrogen and oxygen atoms in total. The van der Waals surface area contributed by atoms with Crippen molar-refractivity contribution in [2.45, 2.75) is 90.9 Å². The summed E-state index contributed by atoms with van der Waals surface area (Å²) in [6.45, 7) is 4.43. The van der Waals surface area contributed by atoms with E-state index in [0.717, 1.165) is 30.4 Å². The Balaban J connectivity index is 1.61. The summed E-state index contributed by atoms with van der Waals surface area (Å²) in [5, 5.41) is 0. The van der Waals surface area contributed by atoms with Gasteiger partial charge in [0.05, 0.1) is 0 Å². The first-order valence-electron chi connectivity index (χ1n) is 13.3. The number of benzene rings is 3. The summed E-state index contributed by atoms with van der Waals surface area (Å²) in [7, 11) is 0. The Hall–Kier alpha value is -2.48. The van der Waals surface area contributed by atoms with Crippen molar-refractivity contribution in [2.24, 2.45) is 0 Å². The molecule has 0 N–H and O–H groups in total. The highest BCUT2D eigenvalue weighted by molar-refractivity contribution is 5.71. The van der Waals surface area contributed by atoms with Gasteiger partial charge in [-0.15, -0.1) is 0 Å². The zero-order valence-corrected chi connectivity index (χ0v) is 21.0. The minimum absolute atomic E-state index is 0.332. The van der Waals surface area contributed by atoms with Crippen molar-refractivity contribution in [3.8, 4) is 22.3 Å². The molecule has 2 heteroatoms. The number of hydrogen-bond acceptors (Lipinski definition) is 0. The normalized spacial score (nSPS) is 11.2. The van der Waals surface area contributed by atoms with Crippen LogP contribution in [0.4, 0.5) is 8.78 Å². The van der Waals surface area contributed by atoms with E-state index >= 15 is 0 Å². The van der Waals surface area contributed by atoms with Gasteiger partial charge in [0.2, 0.25) is 0 Å². The predicted molar refractivity (Wildman–Crippen MR) is 142 cm³/mol. The topological polar surface area (TPSA) is 0 Å². The van der Waals surface area contributed by atoms with Crippen LogP contribution in [0.1, 0.15) is 89.2 Å². The summed E-state index contributed by atoms with van der Waals surface area (Å²) < 4.78 is 29.6. The van der Waals surface area contributed by atoms with Crippen molar-refractivity contribution in [3.05, 3.63) is 83.4 Å². The van der Waals surface area contributed by atoms with Crippen molar-refractivity contribution >= 4 is 0 Å². The summed E-state index contributed by atoms with van der Waals surface area (Å²) in [4.78, 5) is 0. The predicted octanol–water partition coefficient (Wildman–Crippen LogP) is 10.3. The Bertz CT molecular complexity index is 987. The van der Waals surface area contributed by atoms with Gasteiger partial charge < -0.3 is 0 Å². The highest BCUT2D eigenvalue weighted by atomic mass is 19.2. The summed E-state index contributed by atoms with van der Waals surface area (Å²) in [6, 6.07) is 20.0. The maximum Gasteiger partial charge on any atom is 0.166 e. The number of unbranched alkanes of at least 4 members (excludes halogenated alkanes) is 8. The van der Waals surface area contributed by atoms with Crippen LogP contribution in [-0.4, -0.2) is 0 Å². The lowest BCUT2D eigenvalue weighted by Gasteiger charge is -2.10. The van der Waals surface area contributed by atoms with Crippen molar-refractivity contribution in [3.63, 3.8) is 0 Å². The lowest BCUT2D eigenvalue weighted by atomic mass is 9.96. The summed E-state index contributed by atoms with van der Waals surface area (Å²) >= 11 is 0. The molecule has 0 saturated carbocycles. The van der Waals surface area contributed by atoms with E-state index < -0.39 is 11.6 Å². The Morgan fingerprint density at radius 1 is 0.471 bits per heavy atom. The molecular formula is C32H40F2. The van der Waals surface area contributed by atoms with Gasteiger partial charge in [-0.3, -0.25) is 0 Å². The van der Waals surface area contributed by atoms with Crippen LogP contribution in [0.2, 0.25) is 0 Å². The molecule has 0 atom stereocenters. The standard InChI is InChI=1S/C32H40F2/c1-3-5-7-9-10-12-14-29-23-24-30(32(34)31(29)33)28-21-19-27(20-22-28)26-17-15-25(16-18-26)13-11-8-6-4-2/h15-24H,3-14H2,1-2H3. The van der Waals surface area contributed by atoms with Gasteiger partial charge in [0.1, 0.15) is 0 Å². The quantitative estimate of drug-likeness (QED) is 0.209. The van der Waals surface area contributed by atoms with Crippen molar-refractivity contribution in [2.75, 3.05) is 0 Å². The smallest absolute Gasteiger partial charge is 0.166 e. The zero-order chi connectivity index (χ0) is 24.2. The minimum Gasteiger partial charge on any atom is -0.203 e. The minimum atomic E-state index is -0.733. The fraction of sp³-hybridized carbons (Fsp3) is 0.438. The van der Waals surface area contributed by atoms with Crippen LogP contribution in [0.25, 0.3) is 22.3 Å². The molecule has 0 aliphatic carbocycles. The summed E-state index contributed by atoms with van der Waals surface area (Å²) in [6.07, 6.45) is 13.7. The van der Waals surface area contributed by atoms with Gasteiger partial charge >= 0.3 is 0 Å². The first-order chi connectivity index (χ1) is 16.6. The van der Waals surface area contributed by atoms with E-state index in [9.17, 15) is 8.78 Å². The van der Waals surface area contributed by atoms with E-state index in [-0.39, 0.29) is 0 Å². The fourth-order valence-corrected chi connectivity index (χ4v) is 4.56. The van der Waals surface area contributed by atoms with Gasteiger partial charge in [-0.1, -0.05) is 126 Å². The molecular weight excluding hydrogens is 422 g/mol. The molecule has 0 saturated heterocycles. The molecule has 0 radical (unpaired) electrons. The molecule has 34 heavy (non-hydrogen) atoms. The lowest BCUT2D eigenvalue weighted by Crippen LogP contribution is -1.98. The maximum absolute atomic E-state index is 14.9. The molecule has 0 aliphatic heterocycles. The van der Waals surface area contributed by atoms with E-state index in [0.29, 0.717) is 23.1 Å². The number of rotatable bonds is 14. The second-order valence-electron chi connectivity index (χ2n) is 9.50. The van der Waals surface area contributed by atoms with Gasteiger partial charge in [0.25, 0.3) is 0 Å². The maximum atomic E-state index is 14.9. The number of halogens is 2. The van der Waals surface area contributed by atoms with E-state index in [1.807, 2.05) is 24.3 Å². The van der Waals surface area contributed by atoms with Crippen LogP contribution in [0.3, 0.4) is 0 Å². The monoisotopic (exact) mass is 462 g/mol. The fourth-order valence-electron chi connectivity index (χ4n) is 4.56. The molecule has 0 fully saturated rings. The molecule has 0 unspecified atom stereocenters. The van der Waals surface area contributed by atoms with Gasteiger partial charge in [-0.05, 0) is 53.5 Å². The average molecular weight is 463 g/mol. The van der Waals surface area contributed by atoms with Crippen LogP contribution in [-0.2, 0) is 12.8 Å². The largest absolute Gasteiger partial charge is 0.203 e. The molecule has 0 amide bonds.